The highest BCUT2D eigenvalue weighted by atomic mass is 79.9. The molecule has 0 aromatic heterocycles. The molecule has 0 amide bonds. The van der Waals surface area contributed by atoms with Gasteiger partial charge in [-0.3, -0.25) is 0 Å². The smallest absolute Gasteiger partial charge is 0.338 e. The van der Waals surface area contributed by atoms with Crippen LogP contribution in [0.5, 0.6) is 0 Å². The van der Waals surface area contributed by atoms with Crippen LogP contribution in [0.25, 0.3) is 0 Å². The van der Waals surface area contributed by atoms with Gasteiger partial charge in [-0.25, -0.2) is 4.79 Å². The minimum absolute atomic E-state index is 0.121. The van der Waals surface area contributed by atoms with E-state index in [1.54, 1.807) is 18.2 Å². The van der Waals surface area contributed by atoms with Crippen molar-refractivity contribution in [1.82, 2.24) is 0 Å². The number of nitrogens with two attached hydrogens (primary N) is 1. The summed E-state index contributed by atoms with van der Waals surface area (Å²) in [6.45, 7) is 1.14. The Kier molecular flexibility index (Phi) is 3.46. The van der Waals surface area contributed by atoms with Gasteiger partial charge in [0.25, 0.3) is 0 Å². The van der Waals surface area contributed by atoms with Gasteiger partial charge < -0.3 is 15.2 Å². The second-order valence-corrected chi connectivity index (χ2v) is 4.48. The quantitative estimate of drug-likeness (QED) is 0.667. The van der Waals surface area contributed by atoms with E-state index in [9.17, 15) is 4.79 Å². The summed E-state index contributed by atoms with van der Waals surface area (Å²) in [7, 11) is 0. The standard InChI is InChI=1S/C11H12BrNO3/c12-9-5-7(1-2-10(9)13)11(14)16-8-3-4-15-6-8/h1-2,5,8H,3-4,6,13H2. The molecule has 0 aliphatic carbocycles. The van der Waals surface area contributed by atoms with Crippen molar-refractivity contribution >= 4 is 27.6 Å². The molecule has 16 heavy (non-hydrogen) atoms. The lowest BCUT2D eigenvalue weighted by Crippen LogP contribution is -2.18. The van der Waals surface area contributed by atoms with Crippen LogP contribution in [0.1, 0.15) is 16.8 Å². The molecular formula is C11H12BrNO3. The van der Waals surface area contributed by atoms with Crippen molar-refractivity contribution in [2.75, 3.05) is 18.9 Å². The molecule has 0 spiro atoms. The number of nitrogen functional groups attached to an aromatic ring is 1. The lowest BCUT2D eigenvalue weighted by Gasteiger charge is -2.10. The Hall–Kier alpha value is -1.07. The average molecular weight is 286 g/mol. The molecule has 0 saturated carbocycles. The summed E-state index contributed by atoms with van der Waals surface area (Å²) in [5.74, 6) is -0.337. The van der Waals surface area contributed by atoms with E-state index < -0.39 is 0 Å². The zero-order valence-electron chi connectivity index (χ0n) is 8.61. The monoisotopic (exact) mass is 285 g/mol. The molecule has 5 heteroatoms. The molecule has 1 aromatic rings. The highest BCUT2D eigenvalue weighted by molar-refractivity contribution is 9.10. The average Bonchev–Trinajstić information content (AvgIpc) is 2.74. The first kappa shape index (κ1) is 11.4. The third-order valence-electron chi connectivity index (χ3n) is 2.40. The topological polar surface area (TPSA) is 61.6 Å². The van der Waals surface area contributed by atoms with E-state index in [1.165, 1.54) is 0 Å². The summed E-state index contributed by atoms with van der Waals surface area (Å²) in [4.78, 5) is 11.7. The summed E-state index contributed by atoms with van der Waals surface area (Å²) in [6.07, 6.45) is 0.644. The number of hydrogen-bond donors (Lipinski definition) is 1. The van der Waals surface area contributed by atoms with Gasteiger partial charge in [0.05, 0.1) is 18.8 Å². The van der Waals surface area contributed by atoms with Gasteiger partial charge in [-0.05, 0) is 34.1 Å². The van der Waals surface area contributed by atoms with Gasteiger partial charge in [-0.15, -0.1) is 0 Å². The van der Waals surface area contributed by atoms with Gasteiger partial charge in [-0.2, -0.15) is 0 Å². The van der Waals surface area contributed by atoms with Crippen LogP contribution in [0.3, 0.4) is 0 Å². The maximum Gasteiger partial charge on any atom is 0.338 e. The second-order valence-electron chi connectivity index (χ2n) is 3.63. The van der Waals surface area contributed by atoms with Crippen LogP contribution in [0.15, 0.2) is 22.7 Å². The van der Waals surface area contributed by atoms with E-state index >= 15 is 0 Å². The lowest BCUT2D eigenvalue weighted by molar-refractivity contribution is 0.0270. The molecule has 86 valence electrons. The lowest BCUT2D eigenvalue weighted by atomic mass is 10.2. The molecule has 0 bridgehead atoms. The minimum Gasteiger partial charge on any atom is -0.456 e. The van der Waals surface area contributed by atoms with Crippen LogP contribution >= 0.6 is 15.9 Å². The number of carbonyl (C=O) groups excluding carboxylic acids is 1. The number of rotatable bonds is 2. The molecule has 1 atom stereocenters. The highest BCUT2D eigenvalue weighted by Crippen LogP contribution is 2.21. The summed E-state index contributed by atoms with van der Waals surface area (Å²) in [5, 5.41) is 0. The van der Waals surface area contributed by atoms with Crippen molar-refractivity contribution in [1.29, 1.82) is 0 Å². The third kappa shape index (κ3) is 2.54. The molecule has 1 aromatic carbocycles. The first-order chi connectivity index (χ1) is 7.66. The Labute approximate surface area is 102 Å². The van der Waals surface area contributed by atoms with E-state index in [2.05, 4.69) is 15.9 Å². The van der Waals surface area contributed by atoms with Crippen LogP contribution in [-0.4, -0.2) is 25.3 Å². The molecular weight excluding hydrogens is 274 g/mol. The first-order valence-electron chi connectivity index (χ1n) is 5.00. The molecule has 1 fully saturated rings. The Morgan fingerprint density at radius 1 is 1.56 bits per heavy atom. The maximum atomic E-state index is 11.7. The van der Waals surface area contributed by atoms with Crippen molar-refractivity contribution in [2.45, 2.75) is 12.5 Å². The van der Waals surface area contributed by atoms with Crippen molar-refractivity contribution in [3.63, 3.8) is 0 Å². The number of carbonyl (C=O) groups is 1. The normalized spacial score (nSPS) is 19.7. The van der Waals surface area contributed by atoms with Crippen molar-refractivity contribution < 1.29 is 14.3 Å². The van der Waals surface area contributed by atoms with Gasteiger partial charge in [-0.1, -0.05) is 0 Å². The largest absolute Gasteiger partial charge is 0.456 e. The van der Waals surface area contributed by atoms with Crippen molar-refractivity contribution in [2.24, 2.45) is 0 Å². The number of ether oxygens (including phenoxy) is 2. The third-order valence-corrected chi connectivity index (χ3v) is 3.08. The molecule has 1 aliphatic heterocycles. The maximum absolute atomic E-state index is 11.7. The fourth-order valence-electron chi connectivity index (χ4n) is 1.48. The Balaban J connectivity index is 2.05. The molecule has 1 saturated heterocycles. The van der Waals surface area contributed by atoms with Crippen LogP contribution in [0, 0.1) is 0 Å². The molecule has 0 radical (unpaired) electrons. The Morgan fingerprint density at radius 2 is 2.38 bits per heavy atom. The summed E-state index contributed by atoms with van der Waals surface area (Å²) < 4.78 is 11.1. The predicted octanol–water partition coefficient (Wildman–Crippen LogP) is 1.98. The Bertz CT molecular complexity index is 402. The van der Waals surface area contributed by atoms with Crippen LogP contribution in [0.2, 0.25) is 0 Å². The number of anilines is 1. The number of hydrogen-bond acceptors (Lipinski definition) is 4. The molecule has 1 unspecified atom stereocenters. The Morgan fingerprint density at radius 3 is 3.00 bits per heavy atom. The zero-order chi connectivity index (χ0) is 11.5. The summed E-state index contributed by atoms with van der Waals surface area (Å²) >= 11 is 3.27. The zero-order valence-corrected chi connectivity index (χ0v) is 10.2. The molecule has 2 N–H and O–H groups in total. The first-order valence-corrected chi connectivity index (χ1v) is 5.80. The van der Waals surface area contributed by atoms with E-state index in [-0.39, 0.29) is 12.1 Å². The number of benzene rings is 1. The predicted molar refractivity (Wildman–Crippen MR) is 63.2 cm³/mol. The highest BCUT2D eigenvalue weighted by Gasteiger charge is 2.20. The van der Waals surface area contributed by atoms with Crippen molar-refractivity contribution in [3.05, 3.63) is 28.2 Å². The summed E-state index contributed by atoms with van der Waals surface area (Å²) in [6, 6.07) is 4.98. The van der Waals surface area contributed by atoms with Gasteiger partial charge in [0.1, 0.15) is 6.10 Å². The van der Waals surface area contributed by atoms with E-state index in [4.69, 9.17) is 15.2 Å². The number of halogens is 1. The van der Waals surface area contributed by atoms with Gasteiger partial charge in [0, 0.05) is 16.6 Å². The van der Waals surface area contributed by atoms with E-state index in [0.29, 0.717) is 28.9 Å². The minimum atomic E-state index is -0.337. The van der Waals surface area contributed by atoms with Crippen LogP contribution < -0.4 is 5.73 Å². The van der Waals surface area contributed by atoms with E-state index in [0.717, 1.165) is 6.42 Å². The fraction of sp³-hybridized carbons (Fsp3) is 0.364. The fourth-order valence-corrected chi connectivity index (χ4v) is 1.86. The van der Waals surface area contributed by atoms with Crippen molar-refractivity contribution in [3.8, 4) is 0 Å². The molecule has 1 aliphatic rings. The molecule has 2 rings (SSSR count). The van der Waals surface area contributed by atoms with E-state index in [1.807, 2.05) is 0 Å². The van der Waals surface area contributed by atoms with Gasteiger partial charge in [0.2, 0.25) is 0 Å². The van der Waals surface area contributed by atoms with Gasteiger partial charge >= 0.3 is 5.97 Å². The summed E-state index contributed by atoms with van der Waals surface area (Å²) in [5.41, 5.74) is 6.72. The number of esters is 1. The van der Waals surface area contributed by atoms with Crippen LogP contribution in [-0.2, 0) is 9.47 Å². The SMILES string of the molecule is Nc1ccc(C(=O)OC2CCOC2)cc1Br. The molecule has 4 nitrogen and oxygen atoms in total. The molecule has 1 heterocycles. The van der Waals surface area contributed by atoms with Gasteiger partial charge in [0.15, 0.2) is 0 Å². The second kappa shape index (κ2) is 4.84. The van der Waals surface area contributed by atoms with Crippen LogP contribution in [0.4, 0.5) is 5.69 Å².